The average Bonchev–Trinajstić information content (AvgIpc) is 3.52. The molecule has 186 valence electrons. The van der Waals surface area contributed by atoms with Crippen molar-refractivity contribution in [1.82, 2.24) is 16.0 Å². The number of ketones is 1. The molecule has 1 fully saturated rings. The van der Waals surface area contributed by atoms with Crippen molar-refractivity contribution in [2.45, 2.75) is 37.8 Å². The van der Waals surface area contributed by atoms with Gasteiger partial charge in [0.1, 0.15) is 11.8 Å². The van der Waals surface area contributed by atoms with Gasteiger partial charge in [-0.1, -0.05) is 23.2 Å². The highest BCUT2D eigenvalue weighted by Gasteiger charge is 2.27. The number of carboxylic acids is 1. The molecular weight excluding hydrogens is 497 g/mol. The van der Waals surface area contributed by atoms with Gasteiger partial charge in [-0.05, 0) is 67.8 Å². The first-order chi connectivity index (χ1) is 16.7. The number of nitrogens with one attached hydrogen (secondary N) is 3. The molecule has 1 aromatic heterocycles. The van der Waals surface area contributed by atoms with Crippen LogP contribution in [0.15, 0.2) is 41.0 Å². The average molecular weight is 522 g/mol. The van der Waals surface area contributed by atoms with Crippen LogP contribution in [0.25, 0.3) is 6.08 Å². The fourth-order valence-electron chi connectivity index (χ4n) is 3.56. The first-order valence-corrected chi connectivity index (χ1v) is 11.8. The molecule has 1 aliphatic rings. The Morgan fingerprint density at radius 1 is 1.23 bits per heavy atom. The Kier molecular flexibility index (Phi) is 9.47. The summed E-state index contributed by atoms with van der Waals surface area (Å²) in [6, 6.07) is 4.71. The van der Waals surface area contributed by atoms with Crippen LogP contribution < -0.4 is 16.0 Å². The lowest BCUT2D eigenvalue weighted by molar-refractivity contribution is -0.139. The predicted molar refractivity (Wildman–Crippen MR) is 130 cm³/mol. The molecular formula is C24H25Cl2N3O6. The monoisotopic (exact) mass is 521 g/mol. The molecule has 0 radical (unpaired) electrons. The first kappa shape index (κ1) is 26.5. The minimum atomic E-state index is -1.38. The number of aliphatic carboxylic acids is 1. The van der Waals surface area contributed by atoms with Crippen LogP contribution in [0, 0.1) is 0 Å². The van der Waals surface area contributed by atoms with Gasteiger partial charge in [0.15, 0.2) is 5.78 Å². The summed E-state index contributed by atoms with van der Waals surface area (Å²) in [5.74, 6) is -1.99. The number of halogens is 2. The van der Waals surface area contributed by atoms with Crippen LogP contribution in [-0.4, -0.2) is 53.8 Å². The SMILES string of the molecule is O=C(/C=C/c1ccco1)CCc1cc(Cl)c(C(=O)N[C@@H](CNC(=O)[C@H]2CCCN2)C(=O)O)c(Cl)c1. The van der Waals surface area contributed by atoms with Gasteiger partial charge in [-0.2, -0.15) is 0 Å². The van der Waals surface area contributed by atoms with Gasteiger partial charge in [0, 0.05) is 13.0 Å². The highest BCUT2D eigenvalue weighted by Crippen LogP contribution is 2.27. The summed E-state index contributed by atoms with van der Waals surface area (Å²) in [7, 11) is 0. The maximum atomic E-state index is 12.7. The van der Waals surface area contributed by atoms with E-state index in [1.54, 1.807) is 18.2 Å². The number of rotatable bonds is 11. The number of carbonyl (C=O) groups excluding carboxylic acids is 3. The summed E-state index contributed by atoms with van der Waals surface area (Å²) in [6.45, 7) is 0.430. The maximum absolute atomic E-state index is 12.7. The van der Waals surface area contributed by atoms with Crippen molar-refractivity contribution in [1.29, 1.82) is 0 Å². The molecule has 1 saturated heterocycles. The van der Waals surface area contributed by atoms with E-state index < -0.39 is 17.9 Å². The van der Waals surface area contributed by atoms with Crippen molar-refractivity contribution < 1.29 is 28.7 Å². The van der Waals surface area contributed by atoms with Gasteiger partial charge in [0.05, 0.1) is 27.9 Å². The molecule has 2 atom stereocenters. The van der Waals surface area contributed by atoms with E-state index in [0.717, 1.165) is 13.0 Å². The number of allylic oxidation sites excluding steroid dienone is 1. The molecule has 2 amide bonds. The second-order valence-electron chi connectivity index (χ2n) is 8.01. The number of hydrogen-bond donors (Lipinski definition) is 4. The van der Waals surface area contributed by atoms with Crippen LogP contribution in [-0.2, 0) is 20.8 Å². The predicted octanol–water partition coefficient (Wildman–Crippen LogP) is 2.85. The van der Waals surface area contributed by atoms with E-state index in [1.807, 2.05) is 0 Å². The van der Waals surface area contributed by atoms with Crippen molar-refractivity contribution in [3.8, 4) is 0 Å². The molecule has 1 aromatic carbocycles. The van der Waals surface area contributed by atoms with Crippen molar-refractivity contribution in [2.75, 3.05) is 13.1 Å². The number of aryl methyl sites for hydroxylation is 1. The fourth-order valence-corrected chi connectivity index (χ4v) is 4.27. The molecule has 4 N–H and O–H groups in total. The molecule has 2 heterocycles. The summed E-state index contributed by atoms with van der Waals surface area (Å²) in [5, 5.41) is 17.4. The minimum Gasteiger partial charge on any atom is -0.480 e. The smallest absolute Gasteiger partial charge is 0.328 e. The zero-order valence-electron chi connectivity index (χ0n) is 18.7. The van der Waals surface area contributed by atoms with E-state index >= 15 is 0 Å². The van der Waals surface area contributed by atoms with Crippen LogP contribution in [0.4, 0.5) is 0 Å². The lowest BCUT2D eigenvalue weighted by atomic mass is 10.0. The van der Waals surface area contributed by atoms with E-state index in [9.17, 15) is 24.3 Å². The third kappa shape index (κ3) is 7.68. The molecule has 0 saturated carbocycles. The molecule has 35 heavy (non-hydrogen) atoms. The lowest BCUT2D eigenvalue weighted by Gasteiger charge is -2.18. The van der Waals surface area contributed by atoms with E-state index in [2.05, 4.69) is 16.0 Å². The molecule has 0 unspecified atom stereocenters. The van der Waals surface area contributed by atoms with Gasteiger partial charge in [0.25, 0.3) is 5.91 Å². The largest absolute Gasteiger partial charge is 0.480 e. The fraction of sp³-hybridized carbons (Fsp3) is 0.333. The molecule has 9 nitrogen and oxygen atoms in total. The van der Waals surface area contributed by atoms with Gasteiger partial charge >= 0.3 is 5.97 Å². The van der Waals surface area contributed by atoms with Crippen LogP contribution in [0.2, 0.25) is 10.0 Å². The van der Waals surface area contributed by atoms with E-state index in [4.69, 9.17) is 27.6 Å². The van der Waals surface area contributed by atoms with Crippen molar-refractivity contribution in [3.05, 3.63) is 63.5 Å². The van der Waals surface area contributed by atoms with Gasteiger partial charge in [-0.25, -0.2) is 4.79 Å². The number of furan rings is 1. The van der Waals surface area contributed by atoms with Crippen molar-refractivity contribution >= 4 is 52.8 Å². The third-order valence-corrected chi connectivity index (χ3v) is 6.02. The van der Waals surface area contributed by atoms with Gasteiger partial charge in [0.2, 0.25) is 5.91 Å². The zero-order valence-corrected chi connectivity index (χ0v) is 20.2. The van der Waals surface area contributed by atoms with Gasteiger partial charge in [-0.15, -0.1) is 0 Å². The Balaban J connectivity index is 1.58. The summed E-state index contributed by atoms with van der Waals surface area (Å²) in [5.41, 5.74) is 0.554. The van der Waals surface area contributed by atoms with Crippen LogP contribution in [0.1, 0.15) is 40.9 Å². The van der Waals surface area contributed by atoms with Crippen molar-refractivity contribution in [2.24, 2.45) is 0 Å². The molecule has 1 aliphatic heterocycles. The van der Waals surface area contributed by atoms with E-state index in [0.29, 0.717) is 24.2 Å². The normalized spacial score (nSPS) is 16.2. The number of carbonyl (C=O) groups is 4. The summed E-state index contributed by atoms with van der Waals surface area (Å²) in [4.78, 5) is 48.6. The van der Waals surface area contributed by atoms with Gasteiger partial charge < -0.3 is 25.5 Å². The Morgan fingerprint density at radius 2 is 1.97 bits per heavy atom. The third-order valence-electron chi connectivity index (χ3n) is 5.43. The molecule has 0 bridgehead atoms. The highest BCUT2D eigenvalue weighted by molar-refractivity contribution is 6.39. The Morgan fingerprint density at radius 3 is 2.57 bits per heavy atom. The number of benzene rings is 1. The molecule has 3 rings (SSSR count). The quantitative estimate of drug-likeness (QED) is 0.333. The number of carboxylic acid groups (broad SMARTS) is 1. The maximum Gasteiger partial charge on any atom is 0.328 e. The standard InChI is InChI=1S/C24H25Cl2N3O6/c25-17-11-14(5-6-15(30)7-8-16-3-2-10-35-16)12-18(26)21(17)23(32)29-20(24(33)34)13-28-22(31)19-4-1-9-27-19/h2-3,7-8,10-12,19-20,27H,1,4-6,9,13H2,(H,28,31)(H,29,32)(H,33,34)/b8-7+/t19-,20+/m1/s1. The topological polar surface area (TPSA) is 138 Å². The Bertz CT molecular complexity index is 1090. The molecule has 2 aromatic rings. The van der Waals surface area contributed by atoms with Crippen LogP contribution >= 0.6 is 23.2 Å². The molecule has 0 spiro atoms. The van der Waals surface area contributed by atoms with Crippen molar-refractivity contribution in [3.63, 3.8) is 0 Å². The first-order valence-electron chi connectivity index (χ1n) is 11.0. The number of amides is 2. The van der Waals surface area contributed by atoms with Crippen LogP contribution in [0.5, 0.6) is 0 Å². The Labute approximate surface area is 211 Å². The van der Waals surface area contributed by atoms with Gasteiger partial charge in [-0.3, -0.25) is 14.4 Å². The molecule has 0 aliphatic carbocycles. The molecule has 11 heteroatoms. The van der Waals surface area contributed by atoms with Crippen LogP contribution in [0.3, 0.4) is 0 Å². The summed E-state index contributed by atoms with van der Waals surface area (Å²) < 4.78 is 5.13. The Hall–Kier alpha value is -3.14. The van der Waals surface area contributed by atoms with E-state index in [1.165, 1.54) is 24.5 Å². The highest BCUT2D eigenvalue weighted by atomic mass is 35.5. The zero-order chi connectivity index (χ0) is 25.4. The second-order valence-corrected chi connectivity index (χ2v) is 8.82. The lowest BCUT2D eigenvalue weighted by Crippen LogP contribution is -2.51. The summed E-state index contributed by atoms with van der Waals surface area (Å²) >= 11 is 12.5. The minimum absolute atomic E-state index is 0.0203. The summed E-state index contributed by atoms with van der Waals surface area (Å²) in [6.07, 6.45) is 6.54. The van der Waals surface area contributed by atoms with E-state index in [-0.39, 0.29) is 46.3 Å². The number of hydrogen-bond acceptors (Lipinski definition) is 6. The second kappa shape index (κ2) is 12.5.